The van der Waals surface area contributed by atoms with Gasteiger partial charge in [-0.15, -0.1) is 0 Å². The molecule has 1 saturated heterocycles. The smallest absolute Gasteiger partial charge is 0.339 e. The summed E-state index contributed by atoms with van der Waals surface area (Å²) in [6.45, 7) is 1.76. The third-order valence-corrected chi connectivity index (χ3v) is 4.35. The first-order chi connectivity index (χ1) is 11.1. The van der Waals surface area contributed by atoms with Gasteiger partial charge >= 0.3 is 5.97 Å². The first-order valence-electron chi connectivity index (χ1n) is 7.08. The van der Waals surface area contributed by atoms with Crippen LogP contribution < -0.4 is 15.8 Å². The predicted octanol–water partition coefficient (Wildman–Crippen LogP) is 2.29. The number of carboxylic acids is 1. The van der Waals surface area contributed by atoms with Gasteiger partial charge in [0.15, 0.2) is 16.6 Å². The minimum absolute atomic E-state index is 0.0710. The number of carboxylic acid groups (broad SMARTS) is 1. The summed E-state index contributed by atoms with van der Waals surface area (Å²) in [5.74, 6) is -0.890. The van der Waals surface area contributed by atoms with Crippen LogP contribution in [0.4, 0.5) is 16.5 Å². The molecule has 3 rings (SSSR count). The van der Waals surface area contributed by atoms with Crippen molar-refractivity contribution in [2.24, 2.45) is 0 Å². The van der Waals surface area contributed by atoms with Crippen LogP contribution in [0.5, 0.6) is 11.5 Å². The molecule has 0 spiro atoms. The molecule has 0 saturated carbocycles. The molecule has 0 bridgehead atoms. The van der Waals surface area contributed by atoms with Gasteiger partial charge < -0.3 is 25.6 Å². The molecule has 1 aliphatic heterocycles. The lowest BCUT2D eigenvalue weighted by molar-refractivity contribution is 0.0694. The highest BCUT2D eigenvalue weighted by molar-refractivity contribution is 7.11. The van der Waals surface area contributed by atoms with Crippen molar-refractivity contribution in [1.82, 2.24) is 4.37 Å². The third kappa shape index (κ3) is 3.09. The number of anilines is 3. The second-order valence-electron chi connectivity index (χ2n) is 5.17. The van der Waals surface area contributed by atoms with Crippen molar-refractivity contribution in [3.8, 4) is 11.5 Å². The number of aromatic hydroxyl groups is 2. The molecule has 0 amide bonds. The van der Waals surface area contributed by atoms with E-state index in [0.29, 0.717) is 16.5 Å². The summed E-state index contributed by atoms with van der Waals surface area (Å²) in [6.07, 6.45) is 2.17. The summed E-state index contributed by atoms with van der Waals surface area (Å²) in [5.41, 5.74) is 5.84. The summed E-state index contributed by atoms with van der Waals surface area (Å²) >= 11 is 1.11. The Morgan fingerprint density at radius 1 is 1.22 bits per heavy atom. The molecule has 0 unspecified atom stereocenters. The monoisotopic (exact) mass is 336 g/mol. The molecule has 1 aromatic carbocycles. The van der Waals surface area contributed by atoms with Gasteiger partial charge in [-0.3, -0.25) is 5.43 Å². The van der Waals surface area contributed by atoms with Crippen LogP contribution >= 0.6 is 11.5 Å². The molecule has 5 N–H and O–H groups in total. The Hall–Kier alpha value is -2.68. The lowest BCUT2D eigenvalue weighted by Crippen LogP contribution is -2.17. The quantitative estimate of drug-likeness (QED) is 0.417. The third-order valence-electron chi connectivity index (χ3n) is 3.60. The standard InChI is InChI=1S/C14H16N4O4S/c19-10-4-3-8(7-9(10)14(21)22)15-16-13-11(20)12(17-23-13)18-5-1-2-6-18/h3-4,7,15-16,19-20H,1-2,5-6H2,(H,21,22). The summed E-state index contributed by atoms with van der Waals surface area (Å²) in [4.78, 5) is 13.0. The second-order valence-corrected chi connectivity index (χ2v) is 5.94. The maximum Gasteiger partial charge on any atom is 0.339 e. The number of nitrogens with one attached hydrogen (secondary N) is 2. The zero-order valence-electron chi connectivity index (χ0n) is 12.1. The minimum Gasteiger partial charge on any atom is -0.507 e. The van der Waals surface area contributed by atoms with E-state index in [-0.39, 0.29) is 17.1 Å². The van der Waals surface area contributed by atoms with E-state index in [1.807, 2.05) is 4.90 Å². The van der Waals surface area contributed by atoms with Crippen LogP contribution in [0.15, 0.2) is 18.2 Å². The van der Waals surface area contributed by atoms with Crippen molar-refractivity contribution in [3.63, 3.8) is 0 Å². The van der Waals surface area contributed by atoms with Crippen LogP contribution in [0.1, 0.15) is 23.2 Å². The number of hydrogen-bond acceptors (Lipinski definition) is 8. The molecule has 1 aromatic heterocycles. The summed E-state index contributed by atoms with van der Waals surface area (Å²) in [6, 6.07) is 4.11. The zero-order valence-corrected chi connectivity index (χ0v) is 12.9. The topological polar surface area (TPSA) is 118 Å². The van der Waals surface area contributed by atoms with Gasteiger partial charge in [-0.05, 0) is 42.6 Å². The van der Waals surface area contributed by atoms with Crippen molar-refractivity contribution in [3.05, 3.63) is 23.8 Å². The van der Waals surface area contributed by atoms with E-state index in [0.717, 1.165) is 37.5 Å². The number of carbonyl (C=O) groups is 1. The highest BCUT2D eigenvalue weighted by Gasteiger charge is 2.21. The molecule has 1 aliphatic rings. The SMILES string of the molecule is O=C(O)c1cc(NNc2snc(N3CCCC3)c2O)ccc1O. The molecule has 9 heteroatoms. The molecule has 0 aliphatic carbocycles. The Labute approximate surface area is 136 Å². The molecule has 2 aromatic rings. The number of nitrogens with zero attached hydrogens (tertiary/aromatic N) is 2. The van der Waals surface area contributed by atoms with E-state index in [4.69, 9.17) is 5.11 Å². The second kappa shape index (κ2) is 6.21. The number of aromatic carboxylic acids is 1. The molecule has 8 nitrogen and oxygen atoms in total. The van der Waals surface area contributed by atoms with Crippen molar-refractivity contribution in [1.29, 1.82) is 0 Å². The fourth-order valence-corrected chi connectivity index (χ4v) is 3.06. The van der Waals surface area contributed by atoms with Crippen LogP contribution in [-0.4, -0.2) is 38.8 Å². The van der Waals surface area contributed by atoms with Crippen LogP contribution in [0.3, 0.4) is 0 Å². The van der Waals surface area contributed by atoms with E-state index in [1.165, 1.54) is 18.2 Å². The van der Waals surface area contributed by atoms with Crippen molar-refractivity contribution < 1.29 is 20.1 Å². The Balaban J connectivity index is 1.71. The highest BCUT2D eigenvalue weighted by Crippen LogP contribution is 2.39. The highest BCUT2D eigenvalue weighted by atomic mass is 32.1. The first-order valence-corrected chi connectivity index (χ1v) is 7.85. The largest absolute Gasteiger partial charge is 0.507 e. The fraction of sp³-hybridized carbons (Fsp3) is 0.286. The molecule has 2 heterocycles. The lowest BCUT2D eigenvalue weighted by Gasteiger charge is -2.14. The fourth-order valence-electron chi connectivity index (χ4n) is 2.41. The number of hydrazine groups is 1. The molecule has 1 fully saturated rings. The first kappa shape index (κ1) is 15.2. The van der Waals surface area contributed by atoms with Gasteiger partial charge in [0, 0.05) is 13.1 Å². The number of hydrogen-bond donors (Lipinski definition) is 5. The lowest BCUT2D eigenvalue weighted by atomic mass is 10.2. The van der Waals surface area contributed by atoms with Crippen LogP contribution in [-0.2, 0) is 0 Å². The van der Waals surface area contributed by atoms with E-state index in [1.54, 1.807) is 0 Å². The van der Waals surface area contributed by atoms with E-state index in [9.17, 15) is 15.0 Å². The molecule has 0 radical (unpaired) electrons. The Morgan fingerprint density at radius 3 is 2.65 bits per heavy atom. The minimum atomic E-state index is -1.22. The molecule has 0 atom stereocenters. The van der Waals surface area contributed by atoms with Gasteiger partial charge in [0.25, 0.3) is 0 Å². The summed E-state index contributed by atoms with van der Waals surface area (Å²) < 4.78 is 4.25. The normalized spacial score (nSPS) is 14.0. The van der Waals surface area contributed by atoms with Gasteiger partial charge in [0.2, 0.25) is 0 Å². The van der Waals surface area contributed by atoms with Crippen molar-refractivity contribution in [2.45, 2.75) is 12.8 Å². The van der Waals surface area contributed by atoms with Gasteiger partial charge in [-0.25, -0.2) is 4.79 Å². The van der Waals surface area contributed by atoms with Crippen LogP contribution in [0.2, 0.25) is 0 Å². The number of aromatic nitrogens is 1. The maximum atomic E-state index is 11.0. The zero-order chi connectivity index (χ0) is 16.4. The summed E-state index contributed by atoms with van der Waals surface area (Å²) in [5, 5.41) is 29.1. The van der Waals surface area contributed by atoms with E-state index >= 15 is 0 Å². The van der Waals surface area contributed by atoms with Gasteiger partial charge in [0.1, 0.15) is 11.3 Å². The Kier molecular flexibility index (Phi) is 4.11. The Bertz CT molecular complexity index is 728. The van der Waals surface area contributed by atoms with Crippen molar-refractivity contribution in [2.75, 3.05) is 28.8 Å². The molecular weight excluding hydrogens is 320 g/mol. The van der Waals surface area contributed by atoms with Gasteiger partial charge in [0.05, 0.1) is 5.69 Å². The average Bonchev–Trinajstić information content (AvgIpc) is 3.16. The maximum absolute atomic E-state index is 11.0. The van der Waals surface area contributed by atoms with Gasteiger partial charge in [-0.2, -0.15) is 4.37 Å². The number of phenols is 1. The summed E-state index contributed by atoms with van der Waals surface area (Å²) in [7, 11) is 0. The Morgan fingerprint density at radius 2 is 1.96 bits per heavy atom. The molecule has 122 valence electrons. The van der Waals surface area contributed by atoms with Crippen LogP contribution in [0, 0.1) is 0 Å². The molecular formula is C14H16N4O4S. The molecule has 23 heavy (non-hydrogen) atoms. The van der Waals surface area contributed by atoms with E-state index < -0.39 is 5.97 Å². The number of benzene rings is 1. The predicted molar refractivity (Wildman–Crippen MR) is 87.5 cm³/mol. The van der Waals surface area contributed by atoms with E-state index in [2.05, 4.69) is 15.2 Å². The van der Waals surface area contributed by atoms with Gasteiger partial charge in [-0.1, -0.05) is 0 Å². The number of rotatable bonds is 5. The average molecular weight is 336 g/mol. The van der Waals surface area contributed by atoms with Crippen LogP contribution in [0.25, 0.3) is 0 Å². The van der Waals surface area contributed by atoms with Crippen molar-refractivity contribution >= 4 is 34.0 Å².